The highest BCUT2D eigenvalue weighted by molar-refractivity contribution is 7.17. The first-order chi connectivity index (χ1) is 4.86. The molecule has 1 aliphatic carbocycles. The van der Waals surface area contributed by atoms with Gasteiger partial charge in [0.1, 0.15) is 0 Å². The molecule has 0 amide bonds. The molecule has 1 heteroatoms. The third kappa shape index (κ3) is 1.78. The van der Waals surface area contributed by atoms with E-state index in [-0.39, 0.29) is 0 Å². The molecule has 0 aromatic heterocycles. The minimum Gasteiger partial charge on any atom is -0.134 e. The van der Waals surface area contributed by atoms with Crippen LogP contribution < -0.4 is 0 Å². The van der Waals surface area contributed by atoms with E-state index < -0.39 is 18.4 Å². The summed E-state index contributed by atoms with van der Waals surface area (Å²) in [6, 6.07) is 0. The average molecular weight is 120 g/mol. The van der Waals surface area contributed by atoms with Gasteiger partial charge in [0.05, 0.1) is 0 Å². The zero-order valence-corrected chi connectivity index (χ0v) is 5.43. The summed E-state index contributed by atoms with van der Waals surface area (Å²) in [5, 5.41) is 0. The van der Waals surface area contributed by atoms with Gasteiger partial charge in [0, 0.05) is 5.48 Å². The highest BCUT2D eigenvalue weighted by Crippen LogP contribution is 2.23. The van der Waals surface area contributed by atoms with Gasteiger partial charge in [-0.3, -0.25) is 0 Å². The highest BCUT2D eigenvalue weighted by Gasteiger charge is 2.06. The van der Waals surface area contributed by atoms with Crippen molar-refractivity contribution in [1.29, 1.82) is 0 Å². The van der Waals surface area contributed by atoms with E-state index in [9.17, 15) is 0 Å². The molecule has 0 N–H and O–H groups in total. The Bertz CT molecular complexity index is 141. The van der Waals surface area contributed by atoms with E-state index >= 15 is 0 Å². The van der Waals surface area contributed by atoms with Crippen LogP contribution in [0, 0.1) is 0 Å². The number of hydrogen-bond acceptors (Lipinski definition) is 0. The van der Waals surface area contributed by atoms with Gasteiger partial charge in [0.25, 0.3) is 0 Å². The standard InChI is InChI=1S/C6H13P/c7-6-4-2-1-3-5-6/h6H,1-5,7H2/i4D2,5D2. The highest BCUT2D eigenvalue weighted by atomic mass is 31.0. The summed E-state index contributed by atoms with van der Waals surface area (Å²) in [6.07, 6.45) is -1.05. The van der Waals surface area contributed by atoms with E-state index in [4.69, 9.17) is 5.48 Å². The molecule has 7 heavy (non-hydrogen) atoms. The van der Waals surface area contributed by atoms with Crippen molar-refractivity contribution in [2.75, 3.05) is 0 Å². The first-order valence-corrected chi connectivity index (χ1v) is 3.28. The molecular weight excluding hydrogens is 103 g/mol. The Labute approximate surface area is 53.5 Å². The number of hydrogen-bond donors (Lipinski definition) is 0. The quantitative estimate of drug-likeness (QED) is 0.430. The van der Waals surface area contributed by atoms with Crippen molar-refractivity contribution in [1.82, 2.24) is 0 Å². The summed E-state index contributed by atoms with van der Waals surface area (Å²) in [6.45, 7) is 0. The summed E-state index contributed by atoms with van der Waals surface area (Å²) in [5.74, 6) is 0. The van der Waals surface area contributed by atoms with Crippen LogP contribution in [0.4, 0.5) is 0 Å². The molecule has 1 aliphatic rings. The Kier molecular flexibility index (Phi) is 0.896. The second-order valence-electron chi connectivity index (χ2n) is 1.74. The molecule has 1 atom stereocenters. The summed E-state index contributed by atoms with van der Waals surface area (Å²) in [4.78, 5) is 0. The van der Waals surface area contributed by atoms with Gasteiger partial charge in [-0.25, -0.2) is 0 Å². The lowest BCUT2D eigenvalue weighted by molar-refractivity contribution is 0.516. The van der Waals surface area contributed by atoms with Crippen molar-refractivity contribution < 1.29 is 5.48 Å². The van der Waals surface area contributed by atoms with Crippen molar-refractivity contribution in [2.24, 2.45) is 0 Å². The van der Waals surface area contributed by atoms with Crippen LogP contribution >= 0.6 is 9.24 Å². The van der Waals surface area contributed by atoms with Gasteiger partial charge in [-0.05, 0) is 18.4 Å². The minimum atomic E-state index is -1.34. The topological polar surface area (TPSA) is 0 Å². The van der Waals surface area contributed by atoms with Gasteiger partial charge in [0.15, 0.2) is 0 Å². The molecule has 0 heterocycles. The molecule has 1 saturated carbocycles. The Morgan fingerprint density at radius 2 is 1.86 bits per heavy atom. The smallest absolute Gasteiger partial charge is 0.0273 e. The second-order valence-corrected chi connectivity index (χ2v) is 2.41. The van der Waals surface area contributed by atoms with Crippen molar-refractivity contribution in [2.45, 2.75) is 37.7 Å². The maximum absolute atomic E-state index is 7.49. The first kappa shape index (κ1) is 2.35. The predicted octanol–water partition coefficient (Wildman–Crippen LogP) is 2.19. The van der Waals surface area contributed by atoms with Crippen LogP contribution in [0.1, 0.15) is 37.5 Å². The zero-order chi connectivity index (χ0) is 8.70. The Balaban J connectivity index is 2.76. The fraction of sp³-hybridized carbons (Fsp3) is 1.00. The van der Waals surface area contributed by atoms with Crippen LogP contribution in [-0.2, 0) is 0 Å². The van der Waals surface area contributed by atoms with Gasteiger partial charge in [0.2, 0.25) is 0 Å². The average Bonchev–Trinajstić information content (AvgIpc) is 1.82. The SMILES string of the molecule is [2H]C1([2H])CCCC([2H])([2H])C1P. The van der Waals surface area contributed by atoms with Crippen LogP contribution in [0.15, 0.2) is 0 Å². The van der Waals surface area contributed by atoms with E-state index in [2.05, 4.69) is 9.24 Å². The first-order valence-electron chi connectivity index (χ1n) is 4.62. The minimum absolute atomic E-state index is 0.487. The molecule has 0 nitrogen and oxygen atoms in total. The van der Waals surface area contributed by atoms with Crippen molar-refractivity contribution >= 4 is 9.24 Å². The summed E-state index contributed by atoms with van der Waals surface area (Å²) in [5.41, 5.74) is -0.552. The number of rotatable bonds is 0. The molecule has 0 aromatic rings. The largest absolute Gasteiger partial charge is 0.134 e. The molecular formula is C6H13P. The molecule has 0 saturated heterocycles. The van der Waals surface area contributed by atoms with E-state index in [1.54, 1.807) is 0 Å². The second kappa shape index (κ2) is 2.67. The Hall–Kier alpha value is 0.430. The van der Waals surface area contributed by atoms with E-state index in [0.29, 0.717) is 19.3 Å². The fourth-order valence-electron chi connectivity index (χ4n) is 0.676. The van der Waals surface area contributed by atoms with Crippen molar-refractivity contribution in [3.8, 4) is 0 Å². The third-order valence-electron chi connectivity index (χ3n) is 1.08. The Morgan fingerprint density at radius 3 is 2.29 bits per heavy atom. The molecule has 0 bridgehead atoms. The monoisotopic (exact) mass is 120 g/mol. The molecule has 1 rings (SSSR count). The van der Waals surface area contributed by atoms with E-state index in [0.717, 1.165) is 0 Å². The fourth-order valence-corrected chi connectivity index (χ4v) is 1.01. The van der Waals surface area contributed by atoms with Crippen LogP contribution in [0.3, 0.4) is 0 Å². The molecule has 0 aliphatic heterocycles. The van der Waals surface area contributed by atoms with Crippen LogP contribution in [-0.4, -0.2) is 5.66 Å². The lowest BCUT2D eigenvalue weighted by Gasteiger charge is -2.15. The van der Waals surface area contributed by atoms with Gasteiger partial charge in [-0.15, -0.1) is 9.24 Å². The predicted molar refractivity (Wildman–Crippen MR) is 36.6 cm³/mol. The molecule has 0 aromatic carbocycles. The normalized spacial score (nSPS) is 48.1. The third-order valence-corrected chi connectivity index (χ3v) is 1.55. The van der Waals surface area contributed by atoms with Crippen LogP contribution in [0.25, 0.3) is 0 Å². The van der Waals surface area contributed by atoms with E-state index in [1.807, 2.05) is 0 Å². The van der Waals surface area contributed by atoms with Crippen LogP contribution in [0.5, 0.6) is 0 Å². The zero-order valence-electron chi connectivity index (χ0n) is 8.28. The molecule has 1 unspecified atom stereocenters. The Morgan fingerprint density at radius 1 is 1.29 bits per heavy atom. The van der Waals surface area contributed by atoms with Gasteiger partial charge < -0.3 is 0 Å². The van der Waals surface area contributed by atoms with Crippen molar-refractivity contribution in [3.05, 3.63) is 0 Å². The van der Waals surface area contributed by atoms with Crippen molar-refractivity contribution in [3.63, 3.8) is 0 Å². The molecule has 42 valence electrons. The summed E-state index contributed by atoms with van der Waals surface area (Å²) in [7, 11) is 2.29. The van der Waals surface area contributed by atoms with Gasteiger partial charge in [-0.1, -0.05) is 19.3 Å². The summed E-state index contributed by atoms with van der Waals surface area (Å²) >= 11 is 0. The lowest BCUT2D eigenvalue weighted by atomic mass is 10.0. The van der Waals surface area contributed by atoms with Gasteiger partial charge >= 0.3 is 0 Å². The molecule has 0 radical (unpaired) electrons. The molecule has 0 spiro atoms. The maximum atomic E-state index is 7.49. The summed E-state index contributed by atoms with van der Waals surface area (Å²) < 4.78 is 30.0. The van der Waals surface area contributed by atoms with E-state index in [1.165, 1.54) is 0 Å². The van der Waals surface area contributed by atoms with Gasteiger partial charge in [-0.2, -0.15) is 0 Å². The molecule has 1 fully saturated rings. The van der Waals surface area contributed by atoms with Crippen LogP contribution in [0.2, 0.25) is 0 Å². The maximum Gasteiger partial charge on any atom is 0.0273 e. The lowest BCUT2D eigenvalue weighted by Crippen LogP contribution is -2.02.